The molecule has 2 N–H and O–H groups in total. The quantitative estimate of drug-likeness (QED) is 0.381. The molecule has 1 aliphatic rings. The molecule has 0 saturated carbocycles. The molecular formula is C23H18BrCl2N3O3. The van der Waals surface area contributed by atoms with E-state index in [1.54, 1.807) is 24.3 Å². The number of hydrogen-bond acceptors (Lipinski definition) is 4. The van der Waals surface area contributed by atoms with Crippen molar-refractivity contribution in [3.63, 3.8) is 0 Å². The van der Waals surface area contributed by atoms with Crippen molar-refractivity contribution in [1.82, 2.24) is 5.43 Å². The van der Waals surface area contributed by atoms with Crippen molar-refractivity contribution in [2.75, 3.05) is 5.32 Å². The van der Waals surface area contributed by atoms with Gasteiger partial charge in [0.25, 0.3) is 11.8 Å². The fourth-order valence-electron chi connectivity index (χ4n) is 3.57. The number of nitrogens with zero attached hydrogens (tertiary/aromatic N) is 1. The van der Waals surface area contributed by atoms with E-state index in [2.05, 4.69) is 31.8 Å². The number of carbonyl (C=O) groups is 2. The first-order chi connectivity index (χ1) is 15.3. The van der Waals surface area contributed by atoms with Gasteiger partial charge in [-0.15, -0.1) is 0 Å². The zero-order valence-corrected chi connectivity index (χ0v) is 20.1. The summed E-state index contributed by atoms with van der Waals surface area (Å²) in [5.41, 5.74) is 5.60. The van der Waals surface area contributed by atoms with Crippen LogP contribution in [0.1, 0.15) is 50.6 Å². The molecule has 0 saturated heterocycles. The summed E-state index contributed by atoms with van der Waals surface area (Å²) >= 11 is 15.4. The Kier molecular flexibility index (Phi) is 6.69. The molecule has 6 nitrogen and oxygen atoms in total. The second-order valence-electron chi connectivity index (χ2n) is 7.29. The van der Waals surface area contributed by atoms with Crippen LogP contribution in [0, 0.1) is 6.92 Å². The third kappa shape index (κ3) is 4.75. The van der Waals surface area contributed by atoms with E-state index in [-0.39, 0.29) is 22.3 Å². The molecule has 9 heteroatoms. The summed E-state index contributed by atoms with van der Waals surface area (Å²) in [4.78, 5) is 25.3. The maximum atomic E-state index is 12.8. The van der Waals surface area contributed by atoms with Crippen LogP contribution in [0.5, 0.6) is 0 Å². The minimum Gasteiger partial charge on any atom is -0.455 e. The Hall–Kier alpha value is -2.61. The normalized spacial score (nSPS) is 14.2. The molecule has 0 unspecified atom stereocenters. The highest BCUT2D eigenvalue weighted by molar-refractivity contribution is 9.10. The van der Waals surface area contributed by atoms with Crippen LogP contribution in [0.4, 0.5) is 5.69 Å². The Balaban J connectivity index is 1.56. The van der Waals surface area contributed by atoms with Gasteiger partial charge in [-0.05, 0) is 62.2 Å². The van der Waals surface area contributed by atoms with E-state index in [4.69, 9.17) is 27.6 Å². The summed E-state index contributed by atoms with van der Waals surface area (Å²) in [6, 6.07) is 11.9. The van der Waals surface area contributed by atoms with E-state index in [1.165, 1.54) is 6.07 Å². The monoisotopic (exact) mass is 533 g/mol. The molecule has 0 aliphatic heterocycles. The van der Waals surface area contributed by atoms with Gasteiger partial charge in [0.2, 0.25) is 0 Å². The van der Waals surface area contributed by atoms with E-state index >= 15 is 0 Å². The maximum absolute atomic E-state index is 12.8. The average Bonchev–Trinajstić information content (AvgIpc) is 3.11. The van der Waals surface area contributed by atoms with Crippen LogP contribution in [-0.4, -0.2) is 17.5 Å². The molecule has 2 amide bonds. The third-order valence-electron chi connectivity index (χ3n) is 5.10. The fraction of sp³-hybridized carbons (Fsp3) is 0.174. The number of nitrogens with one attached hydrogen (secondary N) is 2. The fourth-order valence-corrected chi connectivity index (χ4v) is 4.33. The lowest BCUT2D eigenvalue weighted by Crippen LogP contribution is -2.22. The van der Waals surface area contributed by atoms with Crippen molar-refractivity contribution in [2.24, 2.45) is 5.10 Å². The molecule has 4 rings (SSSR count). The van der Waals surface area contributed by atoms with Crippen LogP contribution in [0.25, 0.3) is 0 Å². The molecular weight excluding hydrogens is 517 g/mol. The van der Waals surface area contributed by atoms with Gasteiger partial charge in [-0.1, -0.05) is 39.1 Å². The highest BCUT2D eigenvalue weighted by atomic mass is 79.9. The molecule has 1 aromatic heterocycles. The van der Waals surface area contributed by atoms with E-state index in [0.717, 1.165) is 16.5 Å². The molecule has 2 aromatic carbocycles. The molecule has 1 aliphatic carbocycles. The lowest BCUT2D eigenvalue weighted by molar-refractivity contribution is 0.0953. The van der Waals surface area contributed by atoms with Crippen LogP contribution in [0.15, 0.2) is 56.5 Å². The number of carbonyl (C=O) groups excluding carboxylic acids is 2. The van der Waals surface area contributed by atoms with Gasteiger partial charge in [-0.25, -0.2) is 5.43 Å². The van der Waals surface area contributed by atoms with Gasteiger partial charge in [0.15, 0.2) is 5.76 Å². The van der Waals surface area contributed by atoms with Crippen LogP contribution in [-0.2, 0) is 6.42 Å². The topological polar surface area (TPSA) is 83.7 Å². The van der Waals surface area contributed by atoms with Gasteiger partial charge in [0.05, 0.1) is 16.3 Å². The Labute approximate surface area is 203 Å². The van der Waals surface area contributed by atoms with Crippen molar-refractivity contribution >= 4 is 62.3 Å². The lowest BCUT2D eigenvalue weighted by Gasteiger charge is -2.13. The number of hydrogen-bond donors (Lipinski definition) is 2. The largest absolute Gasteiger partial charge is 0.455 e. The van der Waals surface area contributed by atoms with E-state index < -0.39 is 5.91 Å². The highest BCUT2D eigenvalue weighted by Crippen LogP contribution is 2.30. The zero-order chi connectivity index (χ0) is 22.8. The van der Waals surface area contributed by atoms with Gasteiger partial charge in [0.1, 0.15) is 5.76 Å². The van der Waals surface area contributed by atoms with Gasteiger partial charge in [-0.3, -0.25) is 9.59 Å². The van der Waals surface area contributed by atoms with Crippen molar-refractivity contribution in [3.8, 4) is 0 Å². The van der Waals surface area contributed by atoms with Gasteiger partial charge >= 0.3 is 0 Å². The molecule has 0 spiro atoms. The molecule has 0 atom stereocenters. The molecule has 0 fully saturated rings. The number of hydrazone groups is 1. The number of fused-ring (bicyclic) bond motifs is 1. The van der Waals surface area contributed by atoms with Gasteiger partial charge in [-0.2, -0.15) is 5.10 Å². The Morgan fingerprint density at radius 3 is 2.53 bits per heavy atom. The first-order valence-electron chi connectivity index (χ1n) is 9.85. The summed E-state index contributed by atoms with van der Waals surface area (Å²) < 4.78 is 6.82. The summed E-state index contributed by atoms with van der Waals surface area (Å²) in [6.07, 6.45) is 2.14. The number of amides is 2. The van der Waals surface area contributed by atoms with Crippen LogP contribution >= 0.6 is 39.1 Å². The highest BCUT2D eigenvalue weighted by Gasteiger charge is 2.28. The number of furan rings is 1. The summed E-state index contributed by atoms with van der Waals surface area (Å²) in [7, 11) is 0. The predicted octanol–water partition coefficient (Wildman–Crippen LogP) is 6.38. The van der Waals surface area contributed by atoms with Crippen LogP contribution in [0.3, 0.4) is 0 Å². The zero-order valence-electron chi connectivity index (χ0n) is 17.0. The summed E-state index contributed by atoms with van der Waals surface area (Å²) in [6.45, 7) is 1.82. The van der Waals surface area contributed by atoms with E-state index in [0.29, 0.717) is 40.6 Å². The number of rotatable bonds is 4. The first-order valence-corrected chi connectivity index (χ1v) is 11.4. The SMILES string of the molecule is Cc1c(C(=O)Nc2ccc(Br)cc2)oc2c1/C(=N/NC(=O)c1ccc(Cl)cc1Cl)CCC2. The number of anilines is 1. The van der Waals surface area contributed by atoms with Crippen LogP contribution < -0.4 is 10.7 Å². The first kappa shape index (κ1) is 22.6. The number of benzene rings is 2. The molecule has 0 radical (unpaired) electrons. The van der Waals surface area contributed by atoms with Crippen molar-refractivity contribution < 1.29 is 14.0 Å². The van der Waals surface area contributed by atoms with E-state index in [1.807, 2.05) is 19.1 Å². The Morgan fingerprint density at radius 1 is 1.06 bits per heavy atom. The Morgan fingerprint density at radius 2 is 1.81 bits per heavy atom. The van der Waals surface area contributed by atoms with Gasteiger partial charge < -0.3 is 9.73 Å². The second kappa shape index (κ2) is 9.48. The molecule has 3 aromatic rings. The third-order valence-corrected chi connectivity index (χ3v) is 6.18. The van der Waals surface area contributed by atoms with Gasteiger partial charge in [0, 0.05) is 32.7 Å². The second-order valence-corrected chi connectivity index (χ2v) is 9.05. The number of aryl methyl sites for hydroxylation is 1. The Bertz CT molecular complexity index is 1240. The molecule has 164 valence electrons. The average molecular weight is 535 g/mol. The van der Waals surface area contributed by atoms with E-state index in [9.17, 15) is 9.59 Å². The minimum absolute atomic E-state index is 0.236. The lowest BCUT2D eigenvalue weighted by atomic mass is 9.93. The standard InChI is InChI=1S/C23H18BrCl2N3O3/c1-12-20-18(28-29-22(30)16-10-7-14(25)11-17(16)26)3-2-4-19(20)32-21(12)23(31)27-15-8-5-13(24)6-9-15/h5-11H,2-4H2,1H3,(H,27,31)(H,29,30)/b28-18+. The minimum atomic E-state index is -0.444. The van der Waals surface area contributed by atoms with Crippen molar-refractivity contribution in [1.29, 1.82) is 0 Å². The molecule has 32 heavy (non-hydrogen) atoms. The van der Waals surface area contributed by atoms with Crippen LogP contribution in [0.2, 0.25) is 10.0 Å². The summed E-state index contributed by atoms with van der Waals surface area (Å²) in [5, 5.41) is 7.85. The molecule has 1 heterocycles. The van der Waals surface area contributed by atoms with Crippen molar-refractivity contribution in [3.05, 3.63) is 85.2 Å². The number of halogens is 3. The smallest absolute Gasteiger partial charge is 0.291 e. The molecule has 0 bridgehead atoms. The predicted molar refractivity (Wildman–Crippen MR) is 129 cm³/mol. The summed E-state index contributed by atoms with van der Waals surface area (Å²) in [5.74, 6) is 0.142. The maximum Gasteiger partial charge on any atom is 0.291 e. The van der Waals surface area contributed by atoms with Crippen molar-refractivity contribution in [2.45, 2.75) is 26.2 Å².